The van der Waals surface area contributed by atoms with E-state index in [-0.39, 0.29) is 5.91 Å². The highest BCUT2D eigenvalue weighted by Gasteiger charge is 2.19. The van der Waals surface area contributed by atoms with Gasteiger partial charge in [0.25, 0.3) is 0 Å². The third kappa shape index (κ3) is 5.10. The smallest absolute Gasteiger partial charge is 0.233 e. The molecule has 0 unspecified atom stereocenters. The highest BCUT2D eigenvalue weighted by Crippen LogP contribution is 2.20. The summed E-state index contributed by atoms with van der Waals surface area (Å²) in [5, 5.41) is 9.65. The van der Waals surface area contributed by atoms with E-state index < -0.39 is 0 Å². The van der Waals surface area contributed by atoms with Crippen LogP contribution in [-0.2, 0) is 24.2 Å². The molecule has 0 N–H and O–H groups in total. The molecular formula is C20H28N4OS. The summed E-state index contributed by atoms with van der Waals surface area (Å²) >= 11 is 1.53. The summed E-state index contributed by atoms with van der Waals surface area (Å²) in [4.78, 5) is 14.4. The lowest BCUT2D eigenvalue weighted by molar-refractivity contribution is -0.129. The predicted octanol–water partition coefficient (Wildman–Crippen LogP) is 3.58. The van der Waals surface area contributed by atoms with E-state index in [2.05, 4.69) is 46.0 Å². The van der Waals surface area contributed by atoms with E-state index in [1.165, 1.54) is 23.7 Å². The molecule has 1 fully saturated rings. The van der Waals surface area contributed by atoms with E-state index in [9.17, 15) is 4.79 Å². The topological polar surface area (TPSA) is 51.0 Å². The molecule has 0 spiro atoms. The Hall–Kier alpha value is -1.82. The van der Waals surface area contributed by atoms with Crippen molar-refractivity contribution in [2.24, 2.45) is 0 Å². The lowest BCUT2D eigenvalue weighted by Crippen LogP contribution is -2.36. The Kier molecular flexibility index (Phi) is 7.12. The molecule has 0 atom stereocenters. The van der Waals surface area contributed by atoms with Gasteiger partial charge in [-0.1, -0.05) is 49.0 Å². The molecule has 1 aliphatic rings. The second kappa shape index (κ2) is 9.76. The minimum Gasteiger partial charge on any atom is -0.342 e. The summed E-state index contributed by atoms with van der Waals surface area (Å²) in [6.07, 6.45) is 6.37. The zero-order valence-electron chi connectivity index (χ0n) is 15.6. The molecule has 0 radical (unpaired) electrons. The molecule has 1 saturated heterocycles. The molecule has 1 aliphatic heterocycles. The van der Waals surface area contributed by atoms with Crippen molar-refractivity contribution in [3.63, 3.8) is 0 Å². The average Bonchev–Trinajstić information content (AvgIpc) is 3.08. The van der Waals surface area contributed by atoms with Gasteiger partial charge >= 0.3 is 0 Å². The fraction of sp³-hybridized carbons (Fsp3) is 0.550. The van der Waals surface area contributed by atoms with E-state index >= 15 is 0 Å². The van der Waals surface area contributed by atoms with Crippen LogP contribution in [0.2, 0.25) is 0 Å². The summed E-state index contributed by atoms with van der Waals surface area (Å²) < 4.78 is 2.19. The number of benzene rings is 1. The summed E-state index contributed by atoms with van der Waals surface area (Å²) in [5.74, 6) is 1.70. The van der Waals surface area contributed by atoms with Crippen LogP contribution in [-0.4, -0.2) is 44.4 Å². The highest BCUT2D eigenvalue weighted by atomic mass is 32.2. The first-order chi connectivity index (χ1) is 12.8. The SMILES string of the molecule is CCCn1c(CCc2ccccc2)nnc1SCC(=O)N1CCCCC1. The first-order valence-electron chi connectivity index (χ1n) is 9.64. The molecule has 0 saturated carbocycles. The van der Waals surface area contributed by atoms with Crippen LogP contribution in [0.15, 0.2) is 35.5 Å². The fourth-order valence-corrected chi connectivity index (χ4v) is 4.21. The molecule has 2 heterocycles. The van der Waals surface area contributed by atoms with Crippen LogP contribution in [0, 0.1) is 0 Å². The van der Waals surface area contributed by atoms with Crippen LogP contribution in [0.1, 0.15) is 44.0 Å². The van der Waals surface area contributed by atoms with Gasteiger partial charge in [0.15, 0.2) is 5.16 Å². The molecular weight excluding hydrogens is 344 g/mol. The van der Waals surface area contributed by atoms with Crippen LogP contribution >= 0.6 is 11.8 Å². The number of carbonyl (C=O) groups excluding carboxylic acids is 1. The predicted molar refractivity (Wildman–Crippen MR) is 105 cm³/mol. The van der Waals surface area contributed by atoms with Gasteiger partial charge in [0, 0.05) is 26.1 Å². The third-order valence-electron chi connectivity index (χ3n) is 4.75. The van der Waals surface area contributed by atoms with Gasteiger partial charge in [-0.3, -0.25) is 4.79 Å². The lowest BCUT2D eigenvalue weighted by Gasteiger charge is -2.26. The Morgan fingerprint density at radius 1 is 1.08 bits per heavy atom. The number of thioether (sulfide) groups is 1. The summed E-state index contributed by atoms with van der Waals surface area (Å²) in [6, 6.07) is 10.5. The first kappa shape index (κ1) is 19.0. The van der Waals surface area contributed by atoms with Crippen molar-refractivity contribution in [2.45, 2.75) is 57.1 Å². The van der Waals surface area contributed by atoms with E-state index in [4.69, 9.17) is 0 Å². The molecule has 26 heavy (non-hydrogen) atoms. The van der Waals surface area contributed by atoms with Crippen molar-refractivity contribution in [3.8, 4) is 0 Å². The normalized spacial score (nSPS) is 14.6. The second-order valence-electron chi connectivity index (χ2n) is 6.77. The van der Waals surface area contributed by atoms with Gasteiger partial charge in [0.2, 0.25) is 5.91 Å². The highest BCUT2D eigenvalue weighted by molar-refractivity contribution is 7.99. The van der Waals surface area contributed by atoms with Gasteiger partial charge in [-0.25, -0.2) is 0 Å². The van der Waals surface area contributed by atoms with Crippen LogP contribution in [0.25, 0.3) is 0 Å². The van der Waals surface area contributed by atoms with Gasteiger partial charge in [-0.15, -0.1) is 10.2 Å². The van der Waals surface area contributed by atoms with Crippen molar-refractivity contribution in [1.29, 1.82) is 0 Å². The number of hydrogen-bond acceptors (Lipinski definition) is 4. The number of amides is 1. The number of aromatic nitrogens is 3. The molecule has 2 aromatic rings. The van der Waals surface area contributed by atoms with Gasteiger partial charge in [0.1, 0.15) is 5.82 Å². The van der Waals surface area contributed by atoms with E-state index in [1.54, 1.807) is 0 Å². The average molecular weight is 373 g/mol. The zero-order chi connectivity index (χ0) is 18.2. The molecule has 0 bridgehead atoms. The zero-order valence-corrected chi connectivity index (χ0v) is 16.4. The molecule has 6 heteroatoms. The van der Waals surface area contributed by atoms with E-state index in [0.717, 1.165) is 62.7 Å². The minimum absolute atomic E-state index is 0.228. The Morgan fingerprint density at radius 3 is 2.58 bits per heavy atom. The Bertz CT molecular complexity index is 695. The third-order valence-corrected chi connectivity index (χ3v) is 5.71. The molecule has 5 nitrogen and oxygen atoms in total. The maximum atomic E-state index is 12.4. The second-order valence-corrected chi connectivity index (χ2v) is 7.71. The van der Waals surface area contributed by atoms with Crippen LogP contribution in [0.5, 0.6) is 0 Å². The maximum absolute atomic E-state index is 12.4. The van der Waals surface area contributed by atoms with Crippen molar-refractivity contribution in [3.05, 3.63) is 41.7 Å². The Morgan fingerprint density at radius 2 is 1.85 bits per heavy atom. The van der Waals surface area contributed by atoms with Gasteiger partial charge in [0.05, 0.1) is 5.75 Å². The minimum atomic E-state index is 0.228. The number of aryl methyl sites for hydroxylation is 2. The standard InChI is InChI=1S/C20H28N4OS/c1-2-13-24-18(12-11-17-9-5-3-6-10-17)21-22-20(24)26-16-19(25)23-14-7-4-8-15-23/h3,5-6,9-10H,2,4,7-8,11-16H2,1H3. The van der Waals surface area contributed by atoms with Crippen LogP contribution in [0.3, 0.4) is 0 Å². The lowest BCUT2D eigenvalue weighted by atomic mass is 10.1. The largest absolute Gasteiger partial charge is 0.342 e. The van der Waals surface area contributed by atoms with Gasteiger partial charge in [-0.05, 0) is 37.7 Å². The number of likely N-dealkylation sites (tertiary alicyclic amines) is 1. The molecule has 1 aromatic heterocycles. The summed E-state index contributed by atoms with van der Waals surface area (Å²) in [7, 11) is 0. The molecule has 140 valence electrons. The Balaban J connectivity index is 1.59. The van der Waals surface area contributed by atoms with E-state index in [1.807, 2.05) is 11.0 Å². The van der Waals surface area contributed by atoms with Gasteiger partial charge < -0.3 is 9.47 Å². The molecule has 1 amide bonds. The van der Waals surface area contributed by atoms with Crippen molar-refractivity contribution in [2.75, 3.05) is 18.8 Å². The van der Waals surface area contributed by atoms with Crippen LogP contribution in [0.4, 0.5) is 0 Å². The van der Waals surface area contributed by atoms with Crippen molar-refractivity contribution < 1.29 is 4.79 Å². The first-order valence-corrected chi connectivity index (χ1v) is 10.6. The van der Waals surface area contributed by atoms with Crippen molar-refractivity contribution in [1.82, 2.24) is 19.7 Å². The number of carbonyl (C=O) groups is 1. The number of rotatable bonds is 8. The quantitative estimate of drug-likeness (QED) is 0.665. The van der Waals surface area contributed by atoms with Crippen molar-refractivity contribution >= 4 is 17.7 Å². The number of hydrogen-bond donors (Lipinski definition) is 0. The maximum Gasteiger partial charge on any atom is 0.233 e. The molecule has 3 rings (SSSR count). The van der Waals surface area contributed by atoms with E-state index in [0.29, 0.717) is 5.75 Å². The van der Waals surface area contributed by atoms with Crippen LogP contribution < -0.4 is 0 Å². The summed E-state index contributed by atoms with van der Waals surface area (Å²) in [6.45, 7) is 4.87. The molecule has 0 aliphatic carbocycles. The number of piperidine rings is 1. The monoisotopic (exact) mass is 372 g/mol. The van der Waals surface area contributed by atoms with Gasteiger partial charge in [-0.2, -0.15) is 0 Å². The number of nitrogens with zero attached hydrogens (tertiary/aromatic N) is 4. The Labute approximate surface area is 160 Å². The fourth-order valence-electron chi connectivity index (χ4n) is 3.32. The summed E-state index contributed by atoms with van der Waals surface area (Å²) in [5.41, 5.74) is 1.31. The molecule has 1 aromatic carbocycles.